The van der Waals surface area contributed by atoms with Crippen LogP contribution in [0.5, 0.6) is 11.5 Å². The molecule has 0 fully saturated rings. The fourth-order valence-corrected chi connectivity index (χ4v) is 3.50. The number of allylic oxidation sites excluding steroid dienone is 1. The van der Waals surface area contributed by atoms with Crippen molar-refractivity contribution in [3.05, 3.63) is 136 Å². The summed E-state index contributed by atoms with van der Waals surface area (Å²) in [6.45, 7) is 0.492. The maximum atomic E-state index is 12.3. The van der Waals surface area contributed by atoms with Crippen LogP contribution < -0.4 is 9.47 Å². The molecule has 0 spiro atoms. The van der Waals surface area contributed by atoms with Crippen LogP contribution in [0.15, 0.2) is 109 Å². The molecule has 0 saturated heterocycles. The van der Waals surface area contributed by atoms with Crippen LogP contribution in [0, 0.1) is 11.3 Å². The highest BCUT2D eigenvalue weighted by Crippen LogP contribution is 2.22. The molecule has 0 aliphatic heterocycles. The fraction of sp³-hybridized carbons (Fsp3) is 0.0323. The summed E-state index contributed by atoms with van der Waals surface area (Å²) < 4.78 is 11.2. The number of benzene rings is 4. The highest BCUT2D eigenvalue weighted by Gasteiger charge is 2.05. The highest BCUT2D eigenvalue weighted by molar-refractivity contribution is 6.30. The third kappa shape index (κ3) is 7.20. The van der Waals surface area contributed by atoms with Gasteiger partial charge in [-0.1, -0.05) is 78.3 Å². The molecule has 0 bridgehead atoms. The van der Waals surface area contributed by atoms with E-state index in [9.17, 15) is 10.1 Å². The van der Waals surface area contributed by atoms with Crippen LogP contribution in [0.3, 0.4) is 0 Å². The molecule has 0 unspecified atom stereocenters. The normalized spacial score (nSPS) is 11.2. The van der Waals surface area contributed by atoms with E-state index in [4.69, 9.17) is 21.1 Å². The van der Waals surface area contributed by atoms with Crippen LogP contribution in [-0.2, 0) is 11.4 Å². The van der Waals surface area contributed by atoms with Crippen LogP contribution >= 0.6 is 11.6 Å². The number of nitriles is 1. The SMILES string of the molecule is N#C/C(=C/c1cccc(OC(=O)/C=C/c2ccc(OCc3ccccc3)cc2)c1)c1ccc(Cl)cc1. The Balaban J connectivity index is 1.35. The number of rotatable bonds is 8. The van der Waals surface area contributed by atoms with Gasteiger partial charge in [-0.2, -0.15) is 5.26 Å². The van der Waals surface area contributed by atoms with Gasteiger partial charge < -0.3 is 9.47 Å². The van der Waals surface area contributed by atoms with E-state index >= 15 is 0 Å². The van der Waals surface area contributed by atoms with Gasteiger partial charge in [0.15, 0.2) is 0 Å². The largest absolute Gasteiger partial charge is 0.489 e. The average Bonchev–Trinajstić information content (AvgIpc) is 2.91. The Morgan fingerprint density at radius 2 is 1.58 bits per heavy atom. The molecule has 0 amide bonds. The molecule has 176 valence electrons. The Morgan fingerprint density at radius 1 is 0.833 bits per heavy atom. The minimum atomic E-state index is -0.501. The molecule has 0 aliphatic rings. The number of hydrogen-bond donors (Lipinski definition) is 0. The fourth-order valence-electron chi connectivity index (χ4n) is 3.37. The Kier molecular flexibility index (Phi) is 8.32. The first-order valence-electron chi connectivity index (χ1n) is 11.2. The van der Waals surface area contributed by atoms with Gasteiger partial charge in [0.05, 0.1) is 11.6 Å². The van der Waals surface area contributed by atoms with Crippen LogP contribution in [-0.4, -0.2) is 5.97 Å². The number of carbonyl (C=O) groups excluding carboxylic acids is 1. The first kappa shape index (κ1) is 24.5. The number of carbonyl (C=O) groups is 1. The second kappa shape index (κ2) is 12.2. The zero-order valence-electron chi connectivity index (χ0n) is 19.3. The monoisotopic (exact) mass is 491 g/mol. The van der Waals surface area contributed by atoms with Gasteiger partial charge in [0.2, 0.25) is 0 Å². The van der Waals surface area contributed by atoms with Crippen molar-refractivity contribution >= 4 is 35.3 Å². The summed E-state index contributed by atoms with van der Waals surface area (Å²) in [5, 5.41) is 10.2. The lowest BCUT2D eigenvalue weighted by molar-refractivity contribution is -0.128. The Labute approximate surface area is 215 Å². The lowest BCUT2D eigenvalue weighted by Gasteiger charge is -2.06. The van der Waals surface area contributed by atoms with Gasteiger partial charge in [-0.25, -0.2) is 4.79 Å². The second-order valence-electron chi connectivity index (χ2n) is 7.85. The van der Waals surface area contributed by atoms with Gasteiger partial charge in [0.1, 0.15) is 18.1 Å². The lowest BCUT2D eigenvalue weighted by Crippen LogP contribution is -2.03. The summed E-state index contributed by atoms with van der Waals surface area (Å²) in [5.41, 5.74) is 3.91. The molecule has 0 aromatic heterocycles. The summed E-state index contributed by atoms with van der Waals surface area (Å²) >= 11 is 5.93. The maximum Gasteiger partial charge on any atom is 0.336 e. The molecule has 0 N–H and O–H groups in total. The van der Waals surface area contributed by atoms with Crippen LogP contribution in [0.1, 0.15) is 22.3 Å². The summed E-state index contributed by atoms with van der Waals surface area (Å²) in [6, 6.07) is 33.6. The molecular formula is C31H22ClNO3. The van der Waals surface area contributed by atoms with E-state index in [1.807, 2.05) is 60.7 Å². The van der Waals surface area contributed by atoms with Crippen molar-refractivity contribution < 1.29 is 14.3 Å². The molecule has 4 nitrogen and oxygen atoms in total. The van der Waals surface area contributed by atoms with Crippen LogP contribution in [0.25, 0.3) is 17.7 Å². The number of nitrogens with zero attached hydrogens (tertiary/aromatic N) is 1. The predicted molar refractivity (Wildman–Crippen MR) is 143 cm³/mol. The molecule has 4 aromatic carbocycles. The van der Waals surface area contributed by atoms with Crippen molar-refractivity contribution in [3.63, 3.8) is 0 Å². The van der Waals surface area contributed by atoms with E-state index in [2.05, 4.69) is 6.07 Å². The molecule has 4 rings (SSSR count). The van der Waals surface area contributed by atoms with Gasteiger partial charge in [-0.3, -0.25) is 0 Å². The Bertz CT molecular complexity index is 1420. The van der Waals surface area contributed by atoms with Crippen LogP contribution in [0.2, 0.25) is 5.02 Å². The summed E-state index contributed by atoms with van der Waals surface area (Å²) in [6.07, 6.45) is 4.79. The third-order valence-corrected chi connectivity index (χ3v) is 5.46. The van der Waals surface area contributed by atoms with E-state index in [1.54, 1.807) is 54.6 Å². The van der Waals surface area contributed by atoms with Crippen molar-refractivity contribution in [3.8, 4) is 17.6 Å². The van der Waals surface area contributed by atoms with Crippen LogP contribution in [0.4, 0.5) is 0 Å². The van der Waals surface area contributed by atoms with Gasteiger partial charge in [0, 0.05) is 11.1 Å². The van der Waals surface area contributed by atoms with Gasteiger partial charge >= 0.3 is 5.97 Å². The van der Waals surface area contributed by atoms with E-state index in [-0.39, 0.29) is 0 Å². The lowest BCUT2D eigenvalue weighted by atomic mass is 10.0. The van der Waals surface area contributed by atoms with Gasteiger partial charge in [-0.15, -0.1) is 0 Å². The Hall–Kier alpha value is -4.59. The number of ether oxygens (including phenoxy) is 2. The van der Waals surface area contributed by atoms with E-state index in [0.717, 1.165) is 28.0 Å². The molecule has 36 heavy (non-hydrogen) atoms. The molecule has 0 atom stereocenters. The smallest absolute Gasteiger partial charge is 0.336 e. The minimum Gasteiger partial charge on any atom is -0.489 e. The van der Waals surface area contributed by atoms with E-state index in [0.29, 0.717) is 23.0 Å². The quantitative estimate of drug-likeness (QED) is 0.0836. The molecule has 4 aromatic rings. The van der Waals surface area contributed by atoms with Gasteiger partial charge in [-0.05, 0) is 70.8 Å². The highest BCUT2D eigenvalue weighted by atomic mass is 35.5. The van der Waals surface area contributed by atoms with Crippen molar-refractivity contribution in [1.29, 1.82) is 5.26 Å². The summed E-state index contributed by atoms with van der Waals surface area (Å²) in [4.78, 5) is 12.3. The zero-order valence-corrected chi connectivity index (χ0v) is 20.1. The standard InChI is InChI=1S/C31H22ClNO3/c32-28-14-12-26(13-15-28)27(21-33)19-25-7-4-8-30(20-25)36-31(34)18-11-23-9-16-29(17-10-23)35-22-24-5-2-1-3-6-24/h1-20H,22H2/b18-11+,27-19-. The number of halogens is 1. The maximum absolute atomic E-state index is 12.3. The van der Waals surface area contributed by atoms with Crippen molar-refractivity contribution in [2.45, 2.75) is 6.61 Å². The molecule has 5 heteroatoms. The average molecular weight is 492 g/mol. The molecule has 0 saturated carbocycles. The minimum absolute atomic E-state index is 0.386. The molecule has 0 aliphatic carbocycles. The van der Waals surface area contributed by atoms with Crippen molar-refractivity contribution in [2.24, 2.45) is 0 Å². The zero-order chi connectivity index (χ0) is 25.2. The van der Waals surface area contributed by atoms with E-state index in [1.165, 1.54) is 6.08 Å². The van der Waals surface area contributed by atoms with Gasteiger partial charge in [0.25, 0.3) is 0 Å². The summed E-state index contributed by atoms with van der Waals surface area (Å²) in [5.74, 6) is 0.633. The number of esters is 1. The first-order chi connectivity index (χ1) is 17.6. The van der Waals surface area contributed by atoms with Crippen molar-refractivity contribution in [1.82, 2.24) is 0 Å². The third-order valence-electron chi connectivity index (χ3n) is 5.20. The van der Waals surface area contributed by atoms with Crippen molar-refractivity contribution in [2.75, 3.05) is 0 Å². The topological polar surface area (TPSA) is 59.3 Å². The Morgan fingerprint density at radius 3 is 2.31 bits per heavy atom. The second-order valence-corrected chi connectivity index (χ2v) is 8.28. The number of hydrogen-bond acceptors (Lipinski definition) is 4. The first-order valence-corrected chi connectivity index (χ1v) is 11.6. The molecular weight excluding hydrogens is 470 g/mol. The summed E-state index contributed by atoms with van der Waals surface area (Å²) in [7, 11) is 0. The predicted octanol–water partition coefficient (Wildman–Crippen LogP) is 7.60. The molecule has 0 radical (unpaired) electrons. The van der Waals surface area contributed by atoms with E-state index < -0.39 is 5.97 Å². The molecule has 0 heterocycles.